The Labute approximate surface area is 115 Å². The summed E-state index contributed by atoms with van der Waals surface area (Å²) in [6, 6.07) is 9.89. The first kappa shape index (κ1) is 15.2. The molecule has 0 saturated carbocycles. The van der Waals surface area contributed by atoms with Crippen molar-refractivity contribution in [1.82, 2.24) is 4.90 Å². The normalized spacial score (nSPS) is 11.9. The number of likely N-dealkylation sites (N-methyl/N-ethyl adjacent to an activating group) is 1. The Morgan fingerprint density at radius 2 is 2.16 bits per heavy atom. The third-order valence-electron chi connectivity index (χ3n) is 2.99. The number of nitrogens with one attached hydrogen (secondary N) is 1. The Morgan fingerprint density at radius 1 is 1.47 bits per heavy atom. The molecule has 1 amide bonds. The van der Waals surface area contributed by atoms with E-state index in [2.05, 4.69) is 11.4 Å². The number of hydrogen-bond acceptors (Lipinski definition) is 3. The van der Waals surface area contributed by atoms with E-state index in [0.29, 0.717) is 13.1 Å². The molecule has 19 heavy (non-hydrogen) atoms. The molecule has 0 heterocycles. The van der Waals surface area contributed by atoms with E-state index in [1.54, 1.807) is 0 Å². The molecule has 0 radical (unpaired) electrons. The van der Waals surface area contributed by atoms with Crippen molar-refractivity contribution < 1.29 is 4.79 Å². The van der Waals surface area contributed by atoms with Crippen molar-refractivity contribution in [3.63, 3.8) is 0 Å². The quantitative estimate of drug-likeness (QED) is 0.853. The first-order chi connectivity index (χ1) is 9.06. The average molecular weight is 259 g/mol. The van der Waals surface area contributed by atoms with E-state index in [4.69, 9.17) is 5.26 Å². The van der Waals surface area contributed by atoms with Gasteiger partial charge in [0.25, 0.3) is 0 Å². The molecule has 4 heteroatoms. The molecule has 0 aromatic heterocycles. The number of benzene rings is 1. The molecule has 102 valence electrons. The van der Waals surface area contributed by atoms with Gasteiger partial charge in [-0.1, -0.05) is 25.1 Å². The van der Waals surface area contributed by atoms with E-state index in [1.807, 2.05) is 49.9 Å². The number of aryl methyl sites for hydroxylation is 1. The second-order valence-electron chi connectivity index (χ2n) is 4.72. The molecule has 1 aromatic carbocycles. The van der Waals surface area contributed by atoms with Crippen LogP contribution in [0.25, 0.3) is 0 Å². The van der Waals surface area contributed by atoms with E-state index in [1.165, 1.54) is 0 Å². The van der Waals surface area contributed by atoms with Gasteiger partial charge in [0.2, 0.25) is 5.91 Å². The minimum absolute atomic E-state index is 0.0405. The highest BCUT2D eigenvalue weighted by atomic mass is 16.2. The van der Waals surface area contributed by atoms with Gasteiger partial charge in [0, 0.05) is 12.2 Å². The minimum atomic E-state index is -0.0637. The lowest BCUT2D eigenvalue weighted by Crippen LogP contribution is -2.35. The lowest BCUT2D eigenvalue weighted by molar-refractivity contribution is -0.117. The number of carbonyl (C=O) groups is 1. The zero-order valence-electron chi connectivity index (χ0n) is 11.8. The van der Waals surface area contributed by atoms with Crippen molar-refractivity contribution in [2.24, 2.45) is 5.92 Å². The van der Waals surface area contributed by atoms with E-state index in [-0.39, 0.29) is 11.8 Å². The highest BCUT2D eigenvalue weighted by molar-refractivity contribution is 5.92. The number of anilines is 1. The van der Waals surface area contributed by atoms with Gasteiger partial charge >= 0.3 is 0 Å². The van der Waals surface area contributed by atoms with E-state index < -0.39 is 0 Å². The molecule has 0 bridgehead atoms. The van der Waals surface area contributed by atoms with Crippen LogP contribution in [0.2, 0.25) is 0 Å². The largest absolute Gasteiger partial charge is 0.325 e. The average Bonchev–Trinajstić information content (AvgIpc) is 2.40. The molecule has 1 N–H and O–H groups in total. The Hall–Kier alpha value is -1.86. The van der Waals surface area contributed by atoms with E-state index in [9.17, 15) is 4.79 Å². The molecule has 1 atom stereocenters. The highest BCUT2D eigenvalue weighted by Crippen LogP contribution is 2.13. The van der Waals surface area contributed by atoms with Crippen molar-refractivity contribution in [2.45, 2.75) is 20.8 Å². The Balaban J connectivity index is 2.55. The van der Waals surface area contributed by atoms with Gasteiger partial charge in [-0.15, -0.1) is 0 Å². The summed E-state index contributed by atoms with van der Waals surface area (Å²) in [5.74, 6) is -0.104. The van der Waals surface area contributed by atoms with Crippen molar-refractivity contribution in [1.29, 1.82) is 5.26 Å². The number of rotatable bonds is 6. The van der Waals surface area contributed by atoms with Gasteiger partial charge in [-0.3, -0.25) is 9.69 Å². The summed E-state index contributed by atoms with van der Waals surface area (Å²) in [6.45, 7) is 7.51. The number of nitriles is 1. The van der Waals surface area contributed by atoms with Gasteiger partial charge in [-0.2, -0.15) is 5.26 Å². The van der Waals surface area contributed by atoms with Crippen molar-refractivity contribution >= 4 is 11.6 Å². The molecule has 0 saturated heterocycles. The van der Waals surface area contributed by atoms with E-state index in [0.717, 1.165) is 17.8 Å². The maximum atomic E-state index is 12.0. The fourth-order valence-electron chi connectivity index (χ4n) is 1.84. The summed E-state index contributed by atoms with van der Waals surface area (Å²) in [5, 5.41) is 11.7. The van der Waals surface area contributed by atoms with Crippen LogP contribution in [-0.4, -0.2) is 30.4 Å². The monoisotopic (exact) mass is 259 g/mol. The Bertz CT molecular complexity index is 465. The van der Waals surface area contributed by atoms with Gasteiger partial charge in [0.1, 0.15) is 0 Å². The van der Waals surface area contributed by atoms with Crippen molar-refractivity contribution in [3.8, 4) is 6.07 Å². The van der Waals surface area contributed by atoms with Crippen LogP contribution in [0.3, 0.4) is 0 Å². The van der Waals surface area contributed by atoms with Gasteiger partial charge in [0.05, 0.1) is 18.5 Å². The fourth-order valence-corrected chi connectivity index (χ4v) is 1.84. The molecule has 4 nitrogen and oxygen atoms in total. The van der Waals surface area contributed by atoms with Crippen LogP contribution < -0.4 is 5.32 Å². The maximum absolute atomic E-state index is 12.0. The van der Waals surface area contributed by atoms with Crippen molar-refractivity contribution in [3.05, 3.63) is 29.8 Å². The summed E-state index contributed by atoms with van der Waals surface area (Å²) in [6.07, 6.45) is 0. The topological polar surface area (TPSA) is 56.1 Å². The fraction of sp³-hybridized carbons (Fsp3) is 0.467. The van der Waals surface area contributed by atoms with E-state index >= 15 is 0 Å². The number of hydrogen-bond donors (Lipinski definition) is 1. The number of carbonyl (C=O) groups excluding carboxylic acids is 1. The van der Waals surface area contributed by atoms with Gasteiger partial charge in [-0.05, 0) is 32.0 Å². The lowest BCUT2D eigenvalue weighted by Gasteiger charge is -2.21. The predicted octanol–water partition coefficient (Wildman–Crippen LogP) is 2.42. The predicted molar refractivity (Wildman–Crippen MR) is 76.7 cm³/mol. The number of amides is 1. The Morgan fingerprint density at radius 3 is 2.74 bits per heavy atom. The smallest absolute Gasteiger partial charge is 0.238 e. The molecular weight excluding hydrogens is 238 g/mol. The first-order valence-electron chi connectivity index (χ1n) is 6.54. The molecule has 0 aliphatic rings. The summed E-state index contributed by atoms with van der Waals surface area (Å²) in [5.41, 5.74) is 1.89. The first-order valence-corrected chi connectivity index (χ1v) is 6.54. The summed E-state index contributed by atoms with van der Waals surface area (Å²) in [7, 11) is 0. The second-order valence-corrected chi connectivity index (χ2v) is 4.72. The van der Waals surface area contributed by atoms with Crippen molar-refractivity contribution in [2.75, 3.05) is 25.0 Å². The Kier molecular flexibility index (Phi) is 6.04. The van der Waals surface area contributed by atoms with Crippen LogP contribution in [0.5, 0.6) is 0 Å². The summed E-state index contributed by atoms with van der Waals surface area (Å²) in [4.78, 5) is 13.9. The molecule has 0 fully saturated rings. The second kappa shape index (κ2) is 7.55. The molecule has 1 aromatic rings. The SMILES string of the molecule is CCN(CC(=O)Nc1ccccc1C)CC(C)C#N. The van der Waals surface area contributed by atoms with Gasteiger partial charge in [0.15, 0.2) is 0 Å². The molecule has 0 spiro atoms. The highest BCUT2D eigenvalue weighted by Gasteiger charge is 2.12. The van der Waals surface area contributed by atoms with Crippen LogP contribution in [0.4, 0.5) is 5.69 Å². The number of nitrogens with zero attached hydrogens (tertiary/aromatic N) is 2. The summed E-state index contributed by atoms with van der Waals surface area (Å²) < 4.78 is 0. The van der Waals surface area contributed by atoms with Crippen LogP contribution in [0.1, 0.15) is 19.4 Å². The molecule has 0 aliphatic heterocycles. The lowest BCUT2D eigenvalue weighted by atomic mass is 10.2. The van der Waals surface area contributed by atoms with Crippen LogP contribution in [-0.2, 0) is 4.79 Å². The minimum Gasteiger partial charge on any atom is -0.325 e. The molecular formula is C15H21N3O. The molecule has 1 unspecified atom stereocenters. The third kappa shape index (κ3) is 5.11. The molecule has 0 aliphatic carbocycles. The van der Waals surface area contributed by atoms with Gasteiger partial charge in [-0.25, -0.2) is 0 Å². The molecule has 1 rings (SSSR count). The van der Waals surface area contributed by atoms with Gasteiger partial charge < -0.3 is 5.32 Å². The maximum Gasteiger partial charge on any atom is 0.238 e. The zero-order valence-corrected chi connectivity index (χ0v) is 11.8. The third-order valence-corrected chi connectivity index (χ3v) is 2.99. The van der Waals surface area contributed by atoms with Crippen LogP contribution in [0, 0.1) is 24.2 Å². The zero-order chi connectivity index (χ0) is 14.3. The van der Waals surface area contributed by atoms with Crippen LogP contribution in [0.15, 0.2) is 24.3 Å². The van der Waals surface area contributed by atoms with Crippen LogP contribution >= 0.6 is 0 Å². The summed E-state index contributed by atoms with van der Waals surface area (Å²) >= 11 is 0. The standard InChI is InChI=1S/C15H21N3O/c1-4-18(10-12(2)9-16)11-15(19)17-14-8-6-5-7-13(14)3/h5-8,12H,4,10-11H2,1-3H3,(H,17,19). The number of para-hydroxylation sites is 1.